The summed E-state index contributed by atoms with van der Waals surface area (Å²) in [5.41, 5.74) is 0. The van der Waals surface area contributed by atoms with Crippen LogP contribution in [0.3, 0.4) is 0 Å². The summed E-state index contributed by atoms with van der Waals surface area (Å²) >= 11 is 0. The van der Waals surface area contributed by atoms with Gasteiger partial charge in [-0.05, 0) is 18.8 Å². The Kier molecular flexibility index (Phi) is 3.89. The third kappa shape index (κ3) is 3.69. The molecule has 18 heavy (non-hydrogen) atoms. The fraction of sp³-hybridized carbons (Fsp3) is 0.818. The third-order valence-electron chi connectivity index (χ3n) is 3.20. The van der Waals surface area contributed by atoms with Gasteiger partial charge in [-0.3, -0.25) is 0 Å². The molecule has 1 aliphatic rings. The molecule has 1 heterocycles. The average molecular weight is 264 g/mol. The van der Waals surface area contributed by atoms with Crippen LogP contribution in [0.4, 0.5) is 13.2 Å². The van der Waals surface area contributed by atoms with E-state index in [0.717, 1.165) is 25.7 Å². The summed E-state index contributed by atoms with van der Waals surface area (Å²) in [6.45, 7) is 0. The van der Waals surface area contributed by atoms with Crippen LogP contribution in [-0.2, 0) is 12.8 Å². The molecule has 7 heteroatoms. The monoisotopic (exact) mass is 264 g/mol. The van der Waals surface area contributed by atoms with E-state index in [1.54, 1.807) is 0 Å². The minimum Gasteiger partial charge on any atom is -0.392 e. The van der Waals surface area contributed by atoms with E-state index in [1.807, 2.05) is 0 Å². The normalized spacial score (nSPS) is 19.3. The lowest BCUT2D eigenvalue weighted by molar-refractivity contribution is -0.128. The van der Waals surface area contributed by atoms with Gasteiger partial charge in [-0.25, -0.2) is 0 Å². The van der Waals surface area contributed by atoms with Gasteiger partial charge in [0.2, 0.25) is 5.89 Å². The molecule has 0 bridgehead atoms. The molecule has 1 fully saturated rings. The van der Waals surface area contributed by atoms with E-state index < -0.39 is 18.7 Å². The SMILES string of the molecule is OC(Cc1nc(CC(F)(F)F)no1)C1CCCC1. The summed E-state index contributed by atoms with van der Waals surface area (Å²) in [4.78, 5) is 3.65. The van der Waals surface area contributed by atoms with Crippen LogP contribution < -0.4 is 0 Å². The van der Waals surface area contributed by atoms with Crippen molar-refractivity contribution in [3.8, 4) is 0 Å². The van der Waals surface area contributed by atoms with E-state index in [2.05, 4.69) is 10.1 Å². The first kappa shape index (κ1) is 13.3. The molecule has 102 valence electrons. The van der Waals surface area contributed by atoms with Crippen molar-refractivity contribution in [1.29, 1.82) is 0 Å². The van der Waals surface area contributed by atoms with E-state index in [4.69, 9.17) is 4.52 Å². The highest BCUT2D eigenvalue weighted by molar-refractivity contribution is 4.91. The zero-order valence-corrected chi connectivity index (χ0v) is 9.78. The number of aromatic nitrogens is 2. The van der Waals surface area contributed by atoms with Crippen LogP contribution in [-0.4, -0.2) is 27.5 Å². The Balaban J connectivity index is 1.89. The van der Waals surface area contributed by atoms with E-state index in [9.17, 15) is 18.3 Å². The number of alkyl halides is 3. The lowest BCUT2D eigenvalue weighted by Crippen LogP contribution is -2.20. The predicted molar refractivity (Wildman–Crippen MR) is 55.7 cm³/mol. The van der Waals surface area contributed by atoms with Crippen molar-refractivity contribution < 1.29 is 22.8 Å². The lowest BCUT2D eigenvalue weighted by Gasteiger charge is -2.14. The zero-order valence-electron chi connectivity index (χ0n) is 9.78. The van der Waals surface area contributed by atoms with Gasteiger partial charge in [0.05, 0.1) is 12.5 Å². The van der Waals surface area contributed by atoms with Gasteiger partial charge in [-0.15, -0.1) is 0 Å². The first-order valence-electron chi connectivity index (χ1n) is 6.00. The maximum absolute atomic E-state index is 12.1. The topological polar surface area (TPSA) is 59.2 Å². The zero-order chi connectivity index (χ0) is 13.2. The minimum absolute atomic E-state index is 0.0775. The average Bonchev–Trinajstić information content (AvgIpc) is 2.86. The smallest absolute Gasteiger partial charge is 0.392 e. The maximum Gasteiger partial charge on any atom is 0.396 e. The van der Waals surface area contributed by atoms with Crippen LogP contribution in [0, 0.1) is 5.92 Å². The largest absolute Gasteiger partial charge is 0.396 e. The van der Waals surface area contributed by atoms with Gasteiger partial charge in [-0.2, -0.15) is 18.2 Å². The first-order chi connectivity index (χ1) is 8.44. The van der Waals surface area contributed by atoms with Crippen LogP contribution in [0.15, 0.2) is 4.52 Å². The Bertz CT molecular complexity index is 386. The highest BCUT2D eigenvalue weighted by Crippen LogP contribution is 2.29. The van der Waals surface area contributed by atoms with Crippen LogP contribution >= 0.6 is 0 Å². The molecule has 0 radical (unpaired) electrons. The van der Waals surface area contributed by atoms with Crippen LogP contribution in [0.1, 0.15) is 37.4 Å². The summed E-state index contributed by atoms with van der Waals surface area (Å²) < 4.78 is 41.0. The molecule has 0 amide bonds. The van der Waals surface area contributed by atoms with E-state index in [-0.39, 0.29) is 24.1 Å². The molecule has 1 aliphatic carbocycles. The second-order valence-corrected chi connectivity index (χ2v) is 4.71. The van der Waals surface area contributed by atoms with Crippen molar-refractivity contribution in [3.63, 3.8) is 0 Å². The Morgan fingerprint density at radius 2 is 2.00 bits per heavy atom. The van der Waals surface area contributed by atoms with Crippen molar-refractivity contribution >= 4 is 0 Å². The molecule has 1 saturated carbocycles. The molecule has 0 aliphatic heterocycles. The van der Waals surface area contributed by atoms with E-state index >= 15 is 0 Å². The fourth-order valence-electron chi connectivity index (χ4n) is 2.31. The molecule has 0 aromatic carbocycles. The first-order valence-corrected chi connectivity index (χ1v) is 6.00. The molecule has 1 aromatic rings. The van der Waals surface area contributed by atoms with Gasteiger partial charge in [0.25, 0.3) is 0 Å². The van der Waals surface area contributed by atoms with Gasteiger partial charge in [0.1, 0.15) is 6.42 Å². The van der Waals surface area contributed by atoms with E-state index in [1.165, 1.54) is 0 Å². The Labute approximate surface area is 102 Å². The number of aliphatic hydroxyl groups is 1. The maximum atomic E-state index is 12.1. The molecule has 1 atom stereocenters. The predicted octanol–water partition coefficient (Wildman–Crippen LogP) is 2.27. The van der Waals surface area contributed by atoms with Crippen molar-refractivity contribution in [3.05, 3.63) is 11.7 Å². The fourth-order valence-corrected chi connectivity index (χ4v) is 2.31. The number of aliphatic hydroxyl groups excluding tert-OH is 1. The van der Waals surface area contributed by atoms with Gasteiger partial charge >= 0.3 is 6.18 Å². The summed E-state index contributed by atoms with van der Waals surface area (Å²) in [5, 5.41) is 13.2. The number of hydrogen-bond donors (Lipinski definition) is 1. The third-order valence-corrected chi connectivity index (χ3v) is 3.20. The Morgan fingerprint density at radius 1 is 1.33 bits per heavy atom. The van der Waals surface area contributed by atoms with Crippen LogP contribution in [0.2, 0.25) is 0 Å². The van der Waals surface area contributed by atoms with Gasteiger partial charge in [0.15, 0.2) is 5.82 Å². The van der Waals surface area contributed by atoms with Crippen LogP contribution in [0.25, 0.3) is 0 Å². The number of rotatable bonds is 4. The molecular weight excluding hydrogens is 249 g/mol. The van der Waals surface area contributed by atoms with Gasteiger partial charge in [0, 0.05) is 0 Å². The highest BCUT2D eigenvalue weighted by Gasteiger charge is 2.31. The van der Waals surface area contributed by atoms with E-state index in [0.29, 0.717) is 0 Å². The summed E-state index contributed by atoms with van der Waals surface area (Å²) in [5.74, 6) is -0.104. The molecule has 1 aromatic heterocycles. The second kappa shape index (κ2) is 5.26. The van der Waals surface area contributed by atoms with Crippen molar-refractivity contribution in [2.75, 3.05) is 0 Å². The number of halogens is 3. The van der Waals surface area contributed by atoms with Gasteiger partial charge < -0.3 is 9.63 Å². The summed E-state index contributed by atoms with van der Waals surface area (Å²) in [7, 11) is 0. The molecule has 1 N–H and O–H groups in total. The number of hydrogen-bond acceptors (Lipinski definition) is 4. The van der Waals surface area contributed by atoms with Crippen LogP contribution in [0.5, 0.6) is 0 Å². The molecular formula is C11H15F3N2O2. The number of nitrogens with zero attached hydrogens (tertiary/aromatic N) is 2. The molecule has 0 saturated heterocycles. The summed E-state index contributed by atoms with van der Waals surface area (Å²) in [6.07, 6.45) is -1.94. The summed E-state index contributed by atoms with van der Waals surface area (Å²) in [6, 6.07) is 0. The molecule has 2 rings (SSSR count). The van der Waals surface area contributed by atoms with Crippen molar-refractivity contribution in [1.82, 2.24) is 10.1 Å². The lowest BCUT2D eigenvalue weighted by atomic mass is 9.98. The molecule has 4 nitrogen and oxygen atoms in total. The minimum atomic E-state index is -4.34. The molecule has 0 spiro atoms. The second-order valence-electron chi connectivity index (χ2n) is 4.71. The van der Waals surface area contributed by atoms with Crippen molar-refractivity contribution in [2.45, 2.75) is 50.8 Å². The van der Waals surface area contributed by atoms with Gasteiger partial charge in [-0.1, -0.05) is 18.0 Å². The quantitative estimate of drug-likeness (QED) is 0.906. The molecule has 1 unspecified atom stereocenters. The van der Waals surface area contributed by atoms with Crippen molar-refractivity contribution in [2.24, 2.45) is 5.92 Å². The highest BCUT2D eigenvalue weighted by atomic mass is 19.4. The Hall–Kier alpha value is -1.11. The standard InChI is InChI=1S/C11H15F3N2O2/c12-11(13,14)6-9-15-10(18-16-9)5-8(17)7-3-1-2-4-7/h7-8,17H,1-6H2. The Morgan fingerprint density at radius 3 is 2.61 bits per heavy atom.